The van der Waals surface area contributed by atoms with Gasteiger partial charge < -0.3 is 29.7 Å². The van der Waals surface area contributed by atoms with Gasteiger partial charge in [-0.2, -0.15) is 0 Å². The van der Waals surface area contributed by atoms with E-state index in [0.717, 1.165) is 47.6 Å². The molecule has 0 spiro atoms. The number of anilines is 4. The number of nitrogens with one attached hydrogen (secondary N) is 2. The Hall–Kier alpha value is -4.44. The number of aryl methyl sites for hydroxylation is 1. The van der Waals surface area contributed by atoms with Crippen molar-refractivity contribution < 1.29 is 9.53 Å². The predicted molar refractivity (Wildman–Crippen MR) is 153 cm³/mol. The van der Waals surface area contributed by atoms with Crippen molar-refractivity contribution in [1.82, 2.24) is 24.4 Å². The SMILES string of the molecule is C=CC(=O)Nc1cc(Nc2nccc(-c3cnc4c(ccn4C)c3)n2)c(OC)cc1N(C)CCN(C)CC. The fourth-order valence-electron chi connectivity index (χ4n) is 4.03. The fraction of sp³-hybridized carbons (Fsp3) is 0.286. The maximum atomic E-state index is 12.2. The van der Waals surface area contributed by atoms with Crippen molar-refractivity contribution in [2.45, 2.75) is 6.92 Å². The number of aromatic nitrogens is 4. The Bertz CT molecular complexity index is 1450. The summed E-state index contributed by atoms with van der Waals surface area (Å²) in [5.74, 6) is 0.679. The maximum Gasteiger partial charge on any atom is 0.247 e. The molecule has 0 saturated carbocycles. The van der Waals surface area contributed by atoms with Crippen molar-refractivity contribution in [2.75, 3.05) is 56.4 Å². The van der Waals surface area contributed by atoms with Crippen LogP contribution in [0.15, 0.2) is 61.6 Å². The van der Waals surface area contributed by atoms with E-state index in [1.54, 1.807) is 19.5 Å². The zero-order chi connectivity index (χ0) is 27.2. The van der Waals surface area contributed by atoms with E-state index in [1.807, 2.05) is 49.1 Å². The summed E-state index contributed by atoms with van der Waals surface area (Å²) < 4.78 is 7.68. The number of carbonyl (C=O) groups is 1. The molecule has 0 fully saturated rings. The molecule has 1 aromatic carbocycles. The van der Waals surface area contributed by atoms with Crippen molar-refractivity contribution in [1.29, 1.82) is 0 Å². The zero-order valence-corrected chi connectivity index (χ0v) is 22.5. The topological polar surface area (TPSA) is 100 Å². The molecule has 0 bridgehead atoms. The molecule has 0 aliphatic rings. The molecular formula is C28H34N8O2. The lowest BCUT2D eigenvalue weighted by Crippen LogP contribution is -2.31. The van der Waals surface area contributed by atoms with Gasteiger partial charge in [0.1, 0.15) is 11.4 Å². The molecule has 1 amide bonds. The number of fused-ring (bicyclic) bond motifs is 1. The summed E-state index contributed by atoms with van der Waals surface area (Å²) in [6, 6.07) is 9.64. The van der Waals surface area contributed by atoms with Crippen molar-refractivity contribution in [3.05, 3.63) is 61.6 Å². The molecule has 10 heteroatoms. The van der Waals surface area contributed by atoms with Gasteiger partial charge in [0.25, 0.3) is 0 Å². The van der Waals surface area contributed by atoms with Gasteiger partial charge in [-0.15, -0.1) is 0 Å². The summed E-state index contributed by atoms with van der Waals surface area (Å²) in [4.78, 5) is 30.2. The highest BCUT2D eigenvalue weighted by Gasteiger charge is 2.17. The molecular weight excluding hydrogens is 480 g/mol. The second kappa shape index (κ2) is 11.7. The smallest absolute Gasteiger partial charge is 0.247 e. The molecule has 0 saturated heterocycles. The molecule has 0 radical (unpaired) electrons. The molecule has 2 N–H and O–H groups in total. The van der Waals surface area contributed by atoms with Crippen LogP contribution in [-0.2, 0) is 11.8 Å². The van der Waals surface area contributed by atoms with E-state index in [2.05, 4.69) is 57.0 Å². The van der Waals surface area contributed by atoms with Crippen LogP contribution >= 0.6 is 0 Å². The van der Waals surface area contributed by atoms with Gasteiger partial charge in [0.15, 0.2) is 0 Å². The molecule has 3 aromatic heterocycles. The van der Waals surface area contributed by atoms with E-state index < -0.39 is 0 Å². The second-order valence-electron chi connectivity index (χ2n) is 9.03. The number of rotatable bonds is 11. The Morgan fingerprint density at radius 3 is 2.71 bits per heavy atom. The number of carbonyl (C=O) groups excluding carboxylic acids is 1. The number of methoxy groups -OCH3 is 1. The number of ether oxygens (including phenoxy) is 1. The normalized spacial score (nSPS) is 11.0. The summed E-state index contributed by atoms with van der Waals surface area (Å²) in [6.45, 7) is 8.29. The number of amides is 1. The van der Waals surface area contributed by atoms with Crippen LogP contribution in [0.5, 0.6) is 5.75 Å². The highest BCUT2D eigenvalue weighted by atomic mass is 16.5. The predicted octanol–water partition coefficient (Wildman–Crippen LogP) is 4.29. The van der Waals surface area contributed by atoms with Gasteiger partial charge in [-0.3, -0.25) is 4.79 Å². The first-order valence-corrected chi connectivity index (χ1v) is 12.4. The van der Waals surface area contributed by atoms with Crippen LogP contribution in [0.2, 0.25) is 0 Å². The number of nitrogens with zero attached hydrogens (tertiary/aromatic N) is 6. The molecule has 0 unspecified atom stereocenters. The van der Waals surface area contributed by atoms with Gasteiger partial charge in [-0.05, 0) is 43.9 Å². The zero-order valence-electron chi connectivity index (χ0n) is 22.5. The molecule has 3 heterocycles. The van der Waals surface area contributed by atoms with E-state index in [4.69, 9.17) is 9.72 Å². The van der Waals surface area contributed by atoms with Crippen LogP contribution in [-0.4, -0.2) is 71.2 Å². The van der Waals surface area contributed by atoms with Crippen LogP contribution in [0, 0.1) is 0 Å². The summed E-state index contributed by atoms with van der Waals surface area (Å²) in [6.07, 6.45) is 6.72. The van der Waals surface area contributed by atoms with Gasteiger partial charge >= 0.3 is 0 Å². The number of benzene rings is 1. The Morgan fingerprint density at radius 2 is 1.97 bits per heavy atom. The van der Waals surface area contributed by atoms with Crippen LogP contribution in [0.3, 0.4) is 0 Å². The van der Waals surface area contributed by atoms with Gasteiger partial charge in [0, 0.05) is 62.8 Å². The first kappa shape index (κ1) is 26.6. The third kappa shape index (κ3) is 5.92. The van der Waals surface area contributed by atoms with Gasteiger partial charge in [0.2, 0.25) is 11.9 Å². The first-order chi connectivity index (χ1) is 18.3. The molecule has 4 rings (SSSR count). The van der Waals surface area contributed by atoms with E-state index >= 15 is 0 Å². The van der Waals surface area contributed by atoms with E-state index in [1.165, 1.54) is 6.08 Å². The lowest BCUT2D eigenvalue weighted by atomic mass is 10.1. The number of hydrogen-bond donors (Lipinski definition) is 2. The molecule has 198 valence electrons. The quantitative estimate of drug-likeness (QED) is 0.286. The third-order valence-corrected chi connectivity index (χ3v) is 6.43. The van der Waals surface area contributed by atoms with Crippen molar-refractivity contribution >= 4 is 40.0 Å². The molecule has 0 aliphatic heterocycles. The molecule has 10 nitrogen and oxygen atoms in total. The Morgan fingerprint density at radius 1 is 1.16 bits per heavy atom. The summed E-state index contributed by atoms with van der Waals surface area (Å²) in [5, 5.41) is 7.21. The monoisotopic (exact) mass is 514 g/mol. The second-order valence-corrected chi connectivity index (χ2v) is 9.03. The minimum Gasteiger partial charge on any atom is -0.494 e. The number of likely N-dealkylation sites (N-methyl/N-ethyl adjacent to an activating group) is 2. The Labute approximate surface area is 223 Å². The molecule has 0 aliphatic carbocycles. The number of hydrogen-bond acceptors (Lipinski definition) is 8. The fourth-order valence-corrected chi connectivity index (χ4v) is 4.03. The summed E-state index contributed by atoms with van der Waals surface area (Å²) in [7, 11) is 7.63. The van der Waals surface area contributed by atoms with Crippen LogP contribution in [0.1, 0.15) is 6.92 Å². The third-order valence-electron chi connectivity index (χ3n) is 6.43. The highest BCUT2D eigenvalue weighted by Crippen LogP contribution is 2.38. The maximum absolute atomic E-state index is 12.2. The van der Waals surface area contributed by atoms with E-state index in [0.29, 0.717) is 23.1 Å². The van der Waals surface area contributed by atoms with E-state index in [-0.39, 0.29) is 5.91 Å². The van der Waals surface area contributed by atoms with Crippen LogP contribution in [0.25, 0.3) is 22.3 Å². The minimum absolute atomic E-state index is 0.302. The van der Waals surface area contributed by atoms with Gasteiger partial charge in [-0.1, -0.05) is 13.5 Å². The van der Waals surface area contributed by atoms with Gasteiger partial charge in [0.05, 0.1) is 29.9 Å². The Balaban J connectivity index is 1.66. The van der Waals surface area contributed by atoms with E-state index in [9.17, 15) is 4.79 Å². The summed E-state index contributed by atoms with van der Waals surface area (Å²) >= 11 is 0. The lowest BCUT2D eigenvalue weighted by Gasteiger charge is -2.26. The van der Waals surface area contributed by atoms with Gasteiger partial charge in [-0.25, -0.2) is 15.0 Å². The highest BCUT2D eigenvalue weighted by molar-refractivity contribution is 6.02. The standard InChI is InChI=1S/C28H34N8O2/c1-7-26(37)31-22-16-23(25(38-6)17-24(22)35(4)14-13-34(3)8-2)33-28-29-11-9-21(32-28)20-15-19-10-12-36(5)27(19)30-18-20/h7,9-12,15-18H,1,8,13-14H2,2-6H3,(H,31,37)(H,29,32,33). The largest absolute Gasteiger partial charge is 0.494 e. The average Bonchev–Trinajstić information content (AvgIpc) is 3.31. The van der Waals surface area contributed by atoms with Crippen molar-refractivity contribution in [2.24, 2.45) is 7.05 Å². The molecule has 38 heavy (non-hydrogen) atoms. The molecule has 0 atom stereocenters. The lowest BCUT2D eigenvalue weighted by molar-refractivity contribution is -0.111. The number of pyridine rings is 1. The minimum atomic E-state index is -0.302. The first-order valence-electron chi connectivity index (χ1n) is 12.4. The van der Waals surface area contributed by atoms with Crippen molar-refractivity contribution in [3.63, 3.8) is 0 Å². The van der Waals surface area contributed by atoms with Crippen LogP contribution in [0.4, 0.5) is 23.0 Å². The van der Waals surface area contributed by atoms with Crippen LogP contribution < -0.4 is 20.3 Å². The molecule has 4 aromatic rings. The average molecular weight is 515 g/mol. The van der Waals surface area contributed by atoms with Crippen molar-refractivity contribution in [3.8, 4) is 17.0 Å². The Kier molecular flexibility index (Phi) is 8.22. The summed E-state index contributed by atoms with van der Waals surface area (Å²) in [5.41, 5.74) is 4.58.